The molecule has 9 rings (SSSR count). The molecule has 0 atom stereocenters. The van der Waals surface area contributed by atoms with Crippen molar-refractivity contribution in [1.29, 1.82) is 10.5 Å². The number of aromatic nitrogens is 2. The standard InChI is InChI=1S/C44H26N4/c45-27-30-25-24-29(26-43(30)47-39-20-7-4-16-35(39)36-17-5-8-21-40(36)47)32-13-1-2-14-33(32)34-15-3-9-22-41(34)48-42-23-10-6-18-37(42)38-19-11-12-31(28-46)44(38)48/h1-26H. The normalized spacial score (nSPS) is 11.3. The predicted molar refractivity (Wildman–Crippen MR) is 195 cm³/mol. The van der Waals surface area contributed by atoms with Crippen LogP contribution in [0.5, 0.6) is 0 Å². The third-order valence-corrected chi connectivity index (χ3v) is 9.43. The molecule has 0 amide bonds. The van der Waals surface area contributed by atoms with E-state index in [0.29, 0.717) is 11.1 Å². The summed E-state index contributed by atoms with van der Waals surface area (Å²) >= 11 is 0. The lowest BCUT2D eigenvalue weighted by Crippen LogP contribution is -2.00. The van der Waals surface area contributed by atoms with Crippen LogP contribution in [-0.4, -0.2) is 9.13 Å². The van der Waals surface area contributed by atoms with Gasteiger partial charge in [-0.05, 0) is 59.2 Å². The zero-order chi connectivity index (χ0) is 32.2. The second kappa shape index (κ2) is 10.9. The highest BCUT2D eigenvalue weighted by molar-refractivity contribution is 6.12. The number of nitriles is 2. The molecule has 0 aliphatic rings. The molecule has 2 heterocycles. The molecular weight excluding hydrogens is 585 g/mol. The van der Waals surface area contributed by atoms with Gasteiger partial charge in [0.25, 0.3) is 0 Å². The summed E-state index contributed by atoms with van der Waals surface area (Å²) < 4.78 is 4.45. The minimum absolute atomic E-state index is 0.609. The Morgan fingerprint density at radius 1 is 0.375 bits per heavy atom. The Balaban J connectivity index is 1.30. The van der Waals surface area contributed by atoms with Gasteiger partial charge in [-0.15, -0.1) is 0 Å². The lowest BCUT2D eigenvalue weighted by Gasteiger charge is -2.18. The van der Waals surface area contributed by atoms with Crippen LogP contribution in [0.25, 0.3) is 77.2 Å². The molecule has 48 heavy (non-hydrogen) atoms. The molecule has 0 N–H and O–H groups in total. The zero-order valence-corrected chi connectivity index (χ0v) is 25.8. The highest BCUT2D eigenvalue weighted by Gasteiger charge is 2.20. The van der Waals surface area contributed by atoms with Crippen molar-refractivity contribution in [2.75, 3.05) is 0 Å². The maximum atomic E-state index is 10.3. The van der Waals surface area contributed by atoms with E-state index in [0.717, 1.165) is 77.2 Å². The van der Waals surface area contributed by atoms with Gasteiger partial charge in [-0.2, -0.15) is 10.5 Å². The summed E-state index contributed by atoms with van der Waals surface area (Å²) in [5.74, 6) is 0. The molecular formula is C44H26N4. The quantitative estimate of drug-likeness (QED) is 0.199. The van der Waals surface area contributed by atoms with E-state index < -0.39 is 0 Å². The van der Waals surface area contributed by atoms with E-state index in [9.17, 15) is 10.5 Å². The molecule has 0 aliphatic carbocycles. The Morgan fingerprint density at radius 3 is 1.56 bits per heavy atom. The fourth-order valence-corrected chi connectivity index (χ4v) is 7.39. The van der Waals surface area contributed by atoms with Crippen molar-refractivity contribution < 1.29 is 0 Å². The molecule has 0 radical (unpaired) electrons. The molecule has 0 saturated heterocycles. The summed E-state index contributed by atoms with van der Waals surface area (Å²) in [6, 6.07) is 58.9. The van der Waals surface area contributed by atoms with E-state index in [1.165, 1.54) is 0 Å². The van der Waals surface area contributed by atoms with Crippen LogP contribution in [0.4, 0.5) is 0 Å². The van der Waals surface area contributed by atoms with Crippen molar-refractivity contribution >= 4 is 43.6 Å². The fraction of sp³-hybridized carbons (Fsp3) is 0. The van der Waals surface area contributed by atoms with E-state index in [1.54, 1.807) is 0 Å². The molecule has 9 aromatic rings. The minimum Gasteiger partial charge on any atom is -0.308 e. The summed E-state index contributed by atoms with van der Waals surface area (Å²) in [5, 5.41) is 25.0. The van der Waals surface area contributed by atoms with Gasteiger partial charge in [-0.1, -0.05) is 115 Å². The molecule has 2 aromatic heterocycles. The largest absolute Gasteiger partial charge is 0.308 e. The number of nitrogens with zero attached hydrogens (tertiary/aromatic N) is 4. The first kappa shape index (κ1) is 27.4. The molecule has 0 fully saturated rings. The average molecular weight is 611 g/mol. The Hall–Kier alpha value is -6.88. The minimum atomic E-state index is 0.609. The van der Waals surface area contributed by atoms with Crippen LogP contribution in [0, 0.1) is 22.7 Å². The monoisotopic (exact) mass is 610 g/mol. The van der Waals surface area contributed by atoms with Crippen LogP contribution in [-0.2, 0) is 0 Å². The Morgan fingerprint density at radius 2 is 0.896 bits per heavy atom. The van der Waals surface area contributed by atoms with Gasteiger partial charge in [0.05, 0.1) is 44.6 Å². The molecule has 4 heteroatoms. The third kappa shape index (κ3) is 4.01. The summed E-state index contributed by atoms with van der Waals surface area (Å²) in [6.45, 7) is 0. The molecule has 4 nitrogen and oxygen atoms in total. The maximum absolute atomic E-state index is 10.3. The van der Waals surface area contributed by atoms with Crippen molar-refractivity contribution in [3.63, 3.8) is 0 Å². The van der Waals surface area contributed by atoms with Gasteiger partial charge in [-0.3, -0.25) is 0 Å². The van der Waals surface area contributed by atoms with E-state index in [-0.39, 0.29) is 0 Å². The van der Waals surface area contributed by atoms with E-state index >= 15 is 0 Å². The van der Waals surface area contributed by atoms with Gasteiger partial charge in [0.1, 0.15) is 12.1 Å². The van der Waals surface area contributed by atoms with Crippen molar-refractivity contribution in [2.24, 2.45) is 0 Å². The van der Waals surface area contributed by atoms with Crippen LogP contribution in [0.2, 0.25) is 0 Å². The van der Waals surface area contributed by atoms with Crippen molar-refractivity contribution in [3.8, 4) is 45.8 Å². The van der Waals surface area contributed by atoms with Gasteiger partial charge in [0, 0.05) is 27.1 Å². The number of rotatable bonds is 4. The van der Waals surface area contributed by atoms with Gasteiger partial charge in [0.15, 0.2) is 0 Å². The molecule has 0 bridgehead atoms. The SMILES string of the molecule is N#Cc1ccc(-c2ccccc2-c2ccccc2-n2c3ccccc3c3cccc(C#N)c32)cc1-n1c2ccccc2c2ccccc21. The molecule has 0 spiro atoms. The average Bonchev–Trinajstić information content (AvgIpc) is 3.68. The summed E-state index contributed by atoms with van der Waals surface area (Å²) in [5.41, 5.74) is 11.3. The smallest absolute Gasteiger partial charge is 0.101 e. The first-order valence-corrected chi connectivity index (χ1v) is 15.9. The molecule has 222 valence electrons. The first-order chi connectivity index (χ1) is 23.8. The number of hydrogen-bond donors (Lipinski definition) is 0. The Labute approximate surface area is 277 Å². The third-order valence-electron chi connectivity index (χ3n) is 9.43. The summed E-state index contributed by atoms with van der Waals surface area (Å²) in [6.07, 6.45) is 0. The van der Waals surface area contributed by atoms with Gasteiger partial charge < -0.3 is 9.13 Å². The number of hydrogen-bond acceptors (Lipinski definition) is 2. The van der Waals surface area contributed by atoms with E-state index in [2.05, 4.69) is 130 Å². The Kier molecular flexibility index (Phi) is 6.22. The van der Waals surface area contributed by atoms with Crippen LogP contribution >= 0.6 is 0 Å². The Bertz CT molecular complexity index is 2760. The predicted octanol–water partition coefficient (Wildman–Crippen LogP) is 11.0. The topological polar surface area (TPSA) is 57.4 Å². The van der Waals surface area contributed by atoms with Crippen molar-refractivity contribution in [1.82, 2.24) is 9.13 Å². The fourth-order valence-electron chi connectivity index (χ4n) is 7.39. The van der Waals surface area contributed by atoms with Gasteiger partial charge >= 0.3 is 0 Å². The van der Waals surface area contributed by atoms with Crippen molar-refractivity contribution in [2.45, 2.75) is 0 Å². The van der Waals surface area contributed by atoms with Crippen LogP contribution in [0.3, 0.4) is 0 Å². The van der Waals surface area contributed by atoms with Crippen molar-refractivity contribution in [3.05, 3.63) is 169 Å². The van der Waals surface area contributed by atoms with E-state index in [1.807, 2.05) is 48.5 Å². The van der Waals surface area contributed by atoms with Gasteiger partial charge in [0.2, 0.25) is 0 Å². The highest BCUT2D eigenvalue weighted by Crippen LogP contribution is 2.41. The molecule has 0 aliphatic heterocycles. The van der Waals surface area contributed by atoms with Crippen LogP contribution < -0.4 is 0 Å². The first-order valence-electron chi connectivity index (χ1n) is 15.9. The molecule has 0 saturated carbocycles. The number of para-hydroxylation sites is 5. The summed E-state index contributed by atoms with van der Waals surface area (Å²) in [4.78, 5) is 0. The number of benzene rings is 7. The highest BCUT2D eigenvalue weighted by atomic mass is 15.0. The van der Waals surface area contributed by atoms with Crippen LogP contribution in [0.1, 0.15) is 11.1 Å². The summed E-state index contributed by atoms with van der Waals surface area (Å²) in [7, 11) is 0. The van der Waals surface area contributed by atoms with E-state index in [4.69, 9.17) is 0 Å². The second-order valence-corrected chi connectivity index (χ2v) is 11.9. The number of fused-ring (bicyclic) bond motifs is 6. The van der Waals surface area contributed by atoms with Gasteiger partial charge in [-0.25, -0.2) is 0 Å². The van der Waals surface area contributed by atoms with Crippen LogP contribution in [0.15, 0.2) is 158 Å². The molecule has 0 unspecified atom stereocenters. The zero-order valence-electron chi connectivity index (χ0n) is 25.8. The lowest BCUT2D eigenvalue weighted by molar-refractivity contribution is 1.17. The second-order valence-electron chi connectivity index (χ2n) is 11.9. The maximum Gasteiger partial charge on any atom is 0.101 e. The molecule has 7 aromatic carbocycles. The lowest BCUT2D eigenvalue weighted by atomic mass is 9.92.